The molecule has 1 aromatic carbocycles. The summed E-state index contributed by atoms with van der Waals surface area (Å²) in [6, 6.07) is 6.35. The normalized spacial score (nSPS) is 19.2. The number of ether oxygens (including phenoxy) is 2. The summed E-state index contributed by atoms with van der Waals surface area (Å²) in [4.78, 5) is 0. The fourth-order valence-electron chi connectivity index (χ4n) is 3.42. The number of hydrogen-bond donors (Lipinski definition) is 1. The molecular weight excluding hydrogens is 238 g/mol. The van der Waals surface area contributed by atoms with E-state index in [-0.39, 0.29) is 0 Å². The highest BCUT2D eigenvalue weighted by atomic mass is 16.5. The lowest BCUT2D eigenvalue weighted by molar-refractivity contribution is 0.228. The Balaban J connectivity index is 2.41. The number of rotatable bonds is 5. The Morgan fingerprint density at radius 1 is 1.16 bits per heavy atom. The average Bonchev–Trinajstić information content (AvgIpc) is 2.87. The van der Waals surface area contributed by atoms with Crippen LogP contribution in [0, 0.1) is 5.41 Å². The Kier molecular flexibility index (Phi) is 4.35. The molecule has 2 rings (SSSR count). The van der Waals surface area contributed by atoms with E-state index in [1.807, 2.05) is 19.2 Å². The summed E-state index contributed by atoms with van der Waals surface area (Å²) in [7, 11) is 5.47. The van der Waals surface area contributed by atoms with Gasteiger partial charge in [-0.25, -0.2) is 0 Å². The van der Waals surface area contributed by atoms with Crippen LogP contribution in [-0.2, 0) is 0 Å². The maximum Gasteiger partial charge on any atom is 0.123 e. The van der Waals surface area contributed by atoms with Crippen LogP contribution in [0.3, 0.4) is 0 Å². The molecule has 1 unspecified atom stereocenters. The minimum atomic E-state index is 0.300. The molecule has 0 saturated heterocycles. The van der Waals surface area contributed by atoms with Crippen LogP contribution in [0.1, 0.15) is 44.2 Å². The Morgan fingerprint density at radius 3 is 2.37 bits per heavy atom. The van der Waals surface area contributed by atoms with Crippen molar-refractivity contribution in [2.75, 3.05) is 21.3 Å². The van der Waals surface area contributed by atoms with E-state index in [9.17, 15) is 0 Å². The predicted molar refractivity (Wildman–Crippen MR) is 77.9 cm³/mol. The lowest BCUT2D eigenvalue weighted by Crippen LogP contribution is -2.32. The zero-order valence-corrected chi connectivity index (χ0v) is 12.5. The van der Waals surface area contributed by atoms with E-state index in [4.69, 9.17) is 9.47 Å². The highest BCUT2D eigenvalue weighted by Crippen LogP contribution is 2.49. The molecule has 1 aromatic rings. The van der Waals surface area contributed by atoms with Gasteiger partial charge in [-0.1, -0.05) is 19.8 Å². The lowest BCUT2D eigenvalue weighted by atomic mass is 9.77. The zero-order chi connectivity index (χ0) is 13.9. The minimum absolute atomic E-state index is 0.300. The monoisotopic (exact) mass is 263 g/mol. The number of nitrogens with one attached hydrogen (secondary N) is 1. The predicted octanol–water partition coefficient (Wildman–Crippen LogP) is 3.54. The third kappa shape index (κ3) is 2.71. The van der Waals surface area contributed by atoms with Crippen molar-refractivity contribution in [2.45, 2.75) is 38.6 Å². The molecule has 0 spiro atoms. The second kappa shape index (κ2) is 5.83. The van der Waals surface area contributed by atoms with E-state index in [1.165, 1.54) is 31.2 Å². The standard InChI is InChI=1S/C16H25NO2/c1-16(9-5-6-10-16)15(17-2)13-11-12(18-3)7-8-14(13)19-4/h7-8,11,15,17H,5-6,9-10H2,1-4H3. The van der Waals surface area contributed by atoms with Gasteiger partial charge in [0.1, 0.15) is 11.5 Å². The Hall–Kier alpha value is -1.22. The molecule has 3 heteroatoms. The third-order valence-corrected chi connectivity index (χ3v) is 4.48. The quantitative estimate of drug-likeness (QED) is 0.881. The van der Waals surface area contributed by atoms with Crippen LogP contribution < -0.4 is 14.8 Å². The maximum atomic E-state index is 5.54. The molecule has 0 radical (unpaired) electrons. The van der Waals surface area contributed by atoms with Crippen LogP contribution in [0.5, 0.6) is 11.5 Å². The van der Waals surface area contributed by atoms with Gasteiger partial charge in [0.2, 0.25) is 0 Å². The molecular formula is C16H25NO2. The molecule has 106 valence electrons. The van der Waals surface area contributed by atoms with Gasteiger partial charge in [-0.3, -0.25) is 0 Å². The summed E-state index contributed by atoms with van der Waals surface area (Å²) >= 11 is 0. The van der Waals surface area contributed by atoms with Gasteiger partial charge >= 0.3 is 0 Å². The van der Waals surface area contributed by atoms with E-state index < -0.39 is 0 Å². The second-order valence-corrected chi connectivity index (χ2v) is 5.69. The summed E-state index contributed by atoms with van der Waals surface area (Å²) in [5.41, 5.74) is 1.50. The van der Waals surface area contributed by atoms with E-state index in [2.05, 4.69) is 18.3 Å². The van der Waals surface area contributed by atoms with Gasteiger partial charge in [0.15, 0.2) is 0 Å². The lowest BCUT2D eigenvalue weighted by Gasteiger charge is -2.35. The largest absolute Gasteiger partial charge is 0.497 e. The molecule has 0 bridgehead atoms. The zero-order valence-electron chi connectivity index (χ0n) is 12.5. The first-order valence-electron chi connectivity index (χ1n) is 7.04. The smallest absolute Gasteiger partial charge is 0.123 e. The molecule has 1 fully saturated rings. The summed E-state index contributed by atoms with van der Waals surface area (Å²) in [6.07, 6.45) is 5.17. The Labute approximate surface area is 116 Å². The Morgan fingerprint density at radius 2 is 1.84 bits per heavy atom. The first-order valence-corrected chi connectivity index (χ1v) is 7.04. The fraction of sp³-hybridized carbons (Fsp3) is 0.625. The van der Waals surface area contributed by atoms with Crippen molar-refractivity contribution in [3.8, 4) is 11.5 Å². The summed E-state index contributed by atoms with van der Waals surface area (Å²) in [6.45, 7) is 2.38. The molecule has 1 N–H and O–H groups in total. The van der Waals surface area contributed by atoms with Crippen molar-refractivity contribution in [3.05, 3.63) is 23.8 Å². The first kappa shape index (κ1) is 14.2. The van der Waals surface area contributed by atoms with Gasteiger partial charge in [0.25, 0.3) is 0 Å². The molecule has 0 amide bonds. The van der Waals surface area contributed by atoms with Gasteiger partial charge in [-0.2, -0.15) is 0 Å². The molecule has 1 aliphatic rings. The second-order valence-electron chi connectivity index (χ2n) is 5.69. The van der Waals surface area contributed by atoms with Crippen LogP contribution in [-0.4, -0.2) is 21.3 Å². The van der Waals surface area contributed by atoms with Crippen molar-refractivity contribution in [1.29, 1.82) is 0 Å². The van der Waals surface area contributed by atoms with E-state index >= 15 is 0 Å². The number of methoxy groups -OCH3 is 2. The molecule has 0 aliphatic heterocycles. The molecule has 3 nitrogen and oxygen atoms in total. The van der Waals surface area contributed by atoms with Crippen molar-refractivity contribution in [3.63, 3.8) is 0 Å². The molecule has 0 heterocycles. The number of hydrogen-bond acceptors (Lipinski definition) is 3. The molecule has 1 saturated carbocycles. The maximum absolute atomic E-state index is 5.54. The SMILES string of the molecule is CNC(c1cc(OC)ccc1OC)C1(C)CCCC1. The van der Waals surface area contributed by atoms with Crippen LogP contribution in [0.2, 0.25) is 0 Å². The van der Waals surface area contributed by atoms with Gasteiger partial charge in [0.05, 0.1) is 14.2 Å². The Bertz CT molecular complexity index is 425. The van der Waals surface area contributed by atoms with E-state index in [1.54, 1.807) is 14.2 Å². The van der Waals surface area contributed by atoms with Crippen LogP contribution >= 0.6 is 0 Å². The van der Waals surface area contributed by atoms with Gasteiger partial charge in [0, 0.05) is 11.6 Å². The van der Waals surface area contributed by atoms with Crippen LogP contribution in [0.4, 0.5) is 0 Å². The minimum Gasteiger partial charge on any atom is -0.497 e. The van der Waals surface area contributed by atoms with Gasteiger partial charge in [-0.15, -0.1) is 0 Å². The highest BCUT2D eigenvalue weighted by molar-refractivity contribution is 5.43. The highest BCUT2D eigenvalue weighted by Gasteiger charge is 2.38. The molecule has 0 aromatic heterocycles. The number of benzene rings is 1. The fourth-order valence-corrected chi connectivity index (χ4v) is 3.42. The van der Waals surface area contributed by atoms with Crippen LogP contribution in [0.25, 0.3) is 0 Å². The summed E-state index contributed by atoms with van der Waals surface area (Å²) in [5, 5.41) is 3.49. The van der Waals surface area contributed by atoms with Crippen molar-refractivity contribution >= 4 is 0 Å². The van der Waals surface area contributed by atoms with E-state index in [0.717, 1.165) is 11.5 Å². The summed E-state index contributed by atoms with van der Waals surface area (Å²) < 4.78 is 10.9. The van der Waals surface area contributed by atoms with Crippen LogP contribution in [0.15, 0.2) is 18.2 Å². The van der Waals surface area contributed by atoms with Crippen molar-refractivity contribution < 1.29 is 9.47 Å². The van der Waals surface area contributed by atoms with Crippen molar-refractivity contribution in [1.82, 2.24) is 5.32 Å². The van der Waals surface area contributed by atoms with E-state index in [0.29, 0.717) is 11.5 Å². The molecule has 1 atom stereocenters. The van der Waals surface area contributed by atoms with Gasteiger partial charge in [-0.05, 0) is 43.5 Å². The summed E-state index contributed by atoms with van der Waals surface area (Å²) in [5.74, 6) is 1.82. The molecule has 1 aliphatic carbocycles. The third-order valence-electron chi connectivity index (χ3n) is 4.48. The first-order chi connectivity index (χ1) is 9.14. The topological polar surface area (TPSA) is 30.5 Å². The average molecular weight is 263 g/mol. The molecule has 19 heavy (non-hydrogen) atoms. The van der Waals surface area contributed by atoms with Gasteiger partial charge < -0.3 is 14.8 Å². The van der Waals surface area contributed by atoms with Crippen molar-refractivity contribution in [2.24, 2.45) is 5.41 Å².